The van der Waals surface area contributed by atoms with Gasteiger partial charge in [-0.05, 0) is 18.6 Å². The molecule has 0 aliphatic heterocycles. The Balaban J connectivity index is 0.000000412. The third-order valence-electron chi connectivity index (χ3n) is 2.75. The molecule has 0 unspecified atom stereocenters. The van der Waals surface area contributed by atoms with E-state index in [0.29, 0.717) is 30.9 Å². The molecular weight excluding hydrogens is 359 g/mol. The van der Waals surface area contributed by atoms with Crippen LogP contribution in [-0.2, 0) is 4.79 Å². The quantitative estimate of drug-likeness (QED) is 0.270. The Kier molecular flexibility index (Phi) is 7.44. The fourth-order valence-electron chi connectivity index (χ4n) is 1.68. The number of ether oxygens (including phenoxy) is 1. The molecule has 0 amide bonds. The van der Waals surface area contributed by atoms with Crippen molar-refractivity contribution < 1.29 is 32.2 Å². The normalized spacial score (nSPS) is 10.6. The van der Waals surface area contributed by atoms with Gasteiger partial charge >= 0.3 is 17.8 Å². The van der Waals surface area contributed by atoms with Crippen LogP contribution in [0, 0.1) is 5.41 Å². The molecule has 142 valence electrons. The molecule has 0 fully saturated rings. The Morgan fingerprint density at radius 3 is 2.54 bits per heavy atom. The first-order valence-corrected chi connectivity index (χ1v) is 7.15. The summed E-state index contributed by atoms with van der Waals surface area (Å²) in [4.78, 5) is 20.3. The fraction of sp³-hybridized carbons (Fsp3) is 0.267. The number of nitrogens with two attached hydrogens (primary N) is 1. The SMILES string of the molecule is N=C(N)NCCCOc1cc(=O)oc2ccccc12.O=C(O)C(F)(F)F. The molecule has 2 rings (SSSR count). The summed E-state index contributed by atoms with van der Waals surface area (Å²) < 4.78 is 42.4. The summed E-state index contributed by atoms with van der Waals surface area (Å²) in [6.07, 6.45) is -4.41. The molecule has 1 aromatic carbocycles. The second-order valence-corrected chi connectivity index (χ2v) is 4.77. The van der Waals surface area contributed by atoms with Gasteiger partial charge in [0, 0.05) is 6.54 Å². The van der Waals surface area contributed by atoms with Gasteiger partial charge in [0.15, 0.2) is 5.96 Å². The number of hydrogen-bond donors (Lipinski definition) is 4. The van der Waals surface area contributed by atoms with Crippen LogP contribution in [0.3, 0.4) is 0 Å². The zero-order valence-electron chi connectivity index (χ0n) is 13.3. The number of carbonyl (C=O) groups is 1. The average molecular weight is 375 g/mol. The first-order chi connectivity index (χ1) is 12.1. The van der Waals surface area contributed by atoms with Gasteiger partial charge in [-0.25, -0.2) is 9.59 Å². The molecule has 0 aliphatic rings. The van der Waals surface area contributed by atoms with Crippen LogP contribution in [0.1, 0.15) is 6.42 Å². The molecule has 1 aromatic heterocycles. The van der Waals surface area contributed by atoms with Gasteiger partial charge in [-0.3, -0.25) is 5.41 Å². The van der Waals surface area contributed by atoms with Gasteiger partial charge < -0.3 is 25.3 Å². The maximum Gasteiger partial charge on any atom is 0.490 e. The zero-order chi connectivity index (χ0) is 19.7. The predicted octanol–water partition coefficient (Wildman–Crippen LogP) is 1.68. The highest BCUT2D eigenvalue weighted by Gasteiger charge is 2.38. The molecule has 0 saturated heterocycles. The molecule has 0 radical (unpaired) electrons. The second kappa shape index (κ2) is 9.30. The van der Waals surface area contributed by atoms with Crippen LogP contribution in [0.25, 0.3) is 11.0 Å². The van der Waals surface area contributed by atoms with E-state index in [4.69, 9.17) is 30.2 Å². The molecule has 8 nitrogen and oxygen atoms in total. The standard InChI is InChI=1S/C13H15N3O3.C2HF3O2/c14-13(15)16-6-3-7-18-11-8-12(17)19-10-5-2-1-4-9(10)11;3-2(4,5)1(6)7/h1-2,4-5,8H,3,6-7H2,(H4,14,15,16);(H,6,7). The lowest BCUT2D eigenvalue weighted by molar-refractivity contribution is -0.192. The van der Waals surface area contributed by atoms with Gasteiger partial charge in [0.2, 0.25) is 0 Å². The lowest BCUT2D eigenvalue weighted by atomic mass is 10.2. The predicted molar refractivity (Wildman–Crippen MR) is 86.2 cm³/mol. The van der Waals surface area contributed by atoms with Crippen molar-refractivity contribution in [2.24, 2.45) is 5.73 Å². The zero-order valence-corrected chi connectivity index (χ0v) is 13.3. The summed E-state index contributed by atoms with van der Waals surface area (Å²) in [5.74, 6) is -2.31. The number of para-hydroxylation sites is 1. The van der Waals surface area contributed by atoms with Crippen LogP contribution >= 0.6 is 0 Å². The van der Waals surface area contributed by atoms with E-state index in [9.17, 15) is 18.0 Å². The lowest BCUT2D eigenvalue weighted by Gasteiger charge is -2.08. The minimum atomic E-state index is -5.08. The second-order valence-electron chi connectivity index (χ2n) is 4.77. The van der Waals surface area contributed by atoms with Crippen molar-refractivity contribution in [2.45, 2.75) is 12.6 Å². The topological polar surface area (TPSA) is 139 Å². The highest BCUT2D eigenvalue weighted by atomic mass is 19.4. The highest BCUT2D eigenvalue weighted by molar-refractivity contribution is 5.82. The summed E-state index contributed by atoms with van der Waals surface area (Å²) >= 11 is 0. The Morgan fingerprint density at radius 1 is 1.35 bits per heavy atom. The van der Waals surface area contributed by atoms with Crippen LogP contribution < -0.4 is 21.4 Å². The number of halogens is 3. The minimum Gasteiger partial charge on any atom is -0.492 e. The summed E-state index contributed by atoms with van der Waals surface area (Å²) in [6.45, 7) is 0.975. The molecular formula is C15H16F3N3O5. The third-order valence-corrected chi connectivity index (χ3v) is 2.75. The number of guanidine groups is 1. The van der Waals surface area contributed by atoms with E-state index in [-0.39, 0.29) is 5.96 Å². The van der Waals surface area contributed by atoms with Crippen molar-refractivity contribution in [3.05, 3.63) is 40.8 Å². The molecule has 0 spiro atoms. The summed E-state index contributed by atoms with van der Waals surface area (Å²) in [5, 5.41) is 17.6. The number of alkyl halides is 3. The Labute approximate surface area is 144 Å². The molecule has 5 N–H and O–H groups in total. The fourth-order valence-corrected chi connectivity index (χ4v) is 1.68. The van der Waals surface area contributed by atoms with Gasteiger partial charge in [0.25, 0.3) is 0 Å². The molecule has 0 atom stereocenters. The largest absolute Gasteiger partial charge is 0.492 e. The molecule has 26 heavy (non-hydrogen) atoms. The van der Waals surface area contributed by atoms with Gasteiger partial charge in [-0.2, -0.15) is 13.2 Å². The maximum atomic E-state index is 11.4. The summed E-state index contributed by atoms with van der Waals surface area (Å²) in [7, 11) is 0. The molecule has 0 bridgehead atoms. The van der Waals surface area contributed by atoms with E-state index in [2.05, 4.69) is 5.32 Å². The number of carboxylic acids is 1. The van der Waals surface area contributed by atoms with Crippen LogP contribution in [0.15, 0.2) is 39.5 Å². The van der Waals surface area contributed by atoms with Crippen molar-refractivity contribution in [3.8, 4) is 5.75 Å². The van der Waals surface area contributed by atoms with Crippen molar-refractivity contribution in [2.75, 3.05) is 13.2 Å². The number of benzene rings is 1. The Morgan fingerprint density at radius 2 is 1.96 bits per heavy atom. The Bertz CT molecular complexity index is 820. The number of fused-ring (bicyclic) bond motifs is 1. The maximum absolute atomic E-state index is 11.4. The van der Waals surface area contributed by atoms with Crippen molar-refractivity contribution in [1.82, 2.24) is 5.32 Å². The van der Waals surface area contributed by atoms with Crippen molar-refractivity contribution >= 4 is 22.9 Å². The van der Waals surface area contributed by atoms with Crippen LogP contribution in [0.5, 0.6) is 5.75 Å². The van der Waals surface area contributed by atoms with E-state index in [1.807, 2.05) is 12.1 Å². The lowest BCUT2D eigenvalue weighted by Crippen LogP contribution is -2.31. The smallest absolute Gasteiger partial charge is 0.490 e. The minimum absolute atomic E-state index is 0.0641. The average Bonchev–Trinajstić information content (AvgIpc) is 2.53. The molecule has 11 heteroatoms. The monoisotopic (exact) mass is 375 g/mol. The van der Waals surface area contributed by atoms with Crippen LogP contribution in [-0.4, -0.2) is 36.4 Å². The number of rotatable bonds is 5. The van der Waals surface area contributed by atoms with E-state index >= 15 is 0 Å². The van der Waals surface area contributed by atoms with Crippen molar-refractivity contribution in [3.63, 3.8) is 0 Å². The van der Waals surface area contributed by atoms with Gasteiger partial charge in [-0.15, -0.1) is 0 Å². The highest BCUT2D eigenvalue weighted by Crippen LogP contribution is 2.23. The molecule has 2 aromatic rings. The summed E-state index contributed by atoms with van der Waals surface area (Å²) in [6, 6.07) is 8.54. The molecule has 1 heterocycles. The van der Waals surface area contributed by atoms with Crippen LogP contribution in [0.2, 0.25) is 0 Å². The first kappa shape index (κ1) is 20.8. The van der Waals surface area contributed by atoms with Crippen molar-refractivity contribution in [1.29, 1.82) is 5.41 Å². The molecule has 0 aliphatic carbocycles. The first-order valence-electron chi connectivity index (χ1n) is 7.15. The number of aliphatic carboxylic acids is 1. The number of hydrogen-bond acceptors (Lipinski definition) is 5. The Hall–Kier alpha value is -3.24. The number of carboxylic acid groups (broad SMARTS) is 1. The van der Waals surface area contributed by atoms with Gasteiger partial charge in [0.05, 0.1) is 18.1 Å². The number of nitrogens with one attached hydrogen (secondary N) is 2. The van der Waals surface area contributed by atoms with E-state index in [1.165, 1.54) is 6.07 Å². The van der Waals surface area contributed by atoms with Gasteiger partial charge in [-0.1, -0.05) is 12.1 Å². The van der Waals surface area contributed by atoms with Gasteiger partial charge in [0.1, 0.15) is 11.3 Å². The molecule has 0 saturated carbocycles. The summed E-state index contributed by atoms with van der Waals surface area (Å²) in [5.41, 5.74) is 5.23. The van der Waals surface area contributed by atoms with Crippen LogP contribution in [0.4, 0.5) is 13.2 Å². The van der Waals surface area contributed by atoms with E-state index in [0.717, 1.165) is 5.39 Å². The van der Waals surface area contributed by atoms with E-state index in [1.54, 1.807) is 12.1 Å². The third kappa shape index (κ3) is 7.11. The van der Waals surface area contributed by atoms with E-state index < -0.39 is 17.8 Å².